The van der Waals surface area contributed by atoms with Crippen LogP contribution in [0.1, 0.15) is 0 Å². The van der Waals surface area contributed by atoms with E-state index in [4.69, 9.17) is 5.73 Å². The molecule has 2 rings (SSSR count). The predicted octanol–water partition coefficient (Wildman–Crippen LogP) is -1.53. The molecule has 0 bridgehead atoms. The van der Waals surface area contributed by atoms with Gasteiger partial charge in [0.15, 0.2) is 11.6 Å². The van der Waals surface area contributed by atoms with Crippen molar-refractivity contribution in [2.75, 3.05) is 5.73 Å². The van der Waals surface area contributed by atoms with Crippen LogP contribution >= 0.6 is 0 Å². The second kappa shape index (κ2) is 2.19. The Kier molecular flexibility index (Phi) is 1.20. The van der Waals surface area contributed by atoms with Crippen LogP contribution in [0.4, 0.5) is 5.95 Å². The fraction of sp³-hybridized carbons (Fsp3) is 0. The Labute approximate surface area is 65.2 Å². The molecule has 0 aromatic carbocycles. The minimum Gasteiger partial charge on any atom is -0.366 e. The molecule has 12 heavy (non-hydrogen) atoms. The number of nitrogen functional groups attached to an aromatic ring is 1. The maximum Gasteiger partial charge on any atom is 0.341 e. The number of anilines is 1. The molecule has 0 spiro atoms. The highest BCUT2D eigenvalue weighted by Gasteiger charge is 2.05. The van der Waals surface area contributed by atoms with Crippen molar-refractivity contribution in [3.63, 3.8) is 0 Å². The van der Waals surface area contributed by atoms with Gasteiger partial charge in [0, 0.05) is 0 Å². The maximum absolute atomic E-state index is 10.6. The fourth-order valence-corrected chi connectivity index (χ4v) is 0.763. The summed E-state index contributed by atoms with van der Waals surface area (Å²) in [6, 6.07) is 0. The highest BCUT2D eigenvalue weighted by atomic mass is 16.1. The molecule has 0 atom stereocenters. The number of rotatable bonds is 1. The third-order valence-electron chi connectivity index (χ3n) is 1.23. The van der Waals surface area contributed by atoms with Crippen LogP contribution in [0.5, 0.6) is 0 Å². The Morgan fingerprint density at radius 3 is 2.50 bits per heavy atom. The summed E-state index contributed by atoms with van der Waals surface area (Å²) in [7, 11) is 0. The van der Waals surface area contributed by atoms with Crippen molar-refractivity contribution in [1.29, 1.82) is 0 Å². The van der Waals surface area contributed by atoms with Crippen molar-refractivity contribution in [3.8, 4) is 11.6 Å². The highest BCUT2D eigenvalue weighted by molar-refractivity contribution is 5.42. The summed E-state index contributed by atoms with van der Waals surface area (Å²) in [5.74, 6) is 0.712. The van der Waals surface area contributed by atoms with Crippen molar-refractivity contribution in [2.24, 2.45) is 0 Å². The van der Waals surface area contributed by atoms with Crippen molar-refractivity contribution in [1.82, 2.24) is 30.4 Å². The topological polar surface area (TPSA) is 129 Å². The van der Waals surface area contributed by atoms with Gasteiger partial charge in [-0.2, -0.15) is 4.98 Å². The standard InChI is InChI=1S/C4H5N7O/c5-3-6-1(8-10-3)2-7-4(12)11-9-2/h(H3,5,6,8,10)(H2,7,9,11,12). The summed E-state index contributed by atoms with van der Waals surface area (Å²) in [4.78, 5) is 16.8. The minimum atomic E-state index is -0.403. The maximum atomic E-state index is 10.6. The Bertz CT molecular complexity index is 436. The summed E-state index contributed by atoms with van der Waals surface area (Å²) in [5, 5.41) is 11.9. The molecule has 0 fully saturated rings. The zero-order valence-electron chi connectivity index (χ0n) is 5.83. The van der Waals surface area contributed by atoms with E-state index >= 15 is 0 Å². The first kappa shape index (κ1) is 6.58. The number of hydrogen-bond acceptors (Lipinski definition) is 5. The van der Waals surface area contributed by atoms with Crippen LogP contribution in [0.25, 0.3) is 11.6 Å². The molecule has 0 amide bonds. The lowest BCUT2D eigenvalue weighted by atomic mass is 10.6. The van der Waals surface area contributed by atoms with Gasteiger partial charge in [0.25, 0.3) is 0 Å². The quantitative estimate of drug-likeness (QED) is 0.409. The van der Waals surface area contributed by atoms with Crippen LogP contribution < -0.4 is 11.4 Å². The molecule has 8 nitrogen and oxygen atoms in total. The van der Waals surface area contributed by atoms with E-state index in [1.807, 2.05) is 0 Å². The highest BCUT2D eigenvalue weighted by Crippen LogP contribution is 2.04. The van der Waals surface area contributed by atoms with E-state index in [2.05, 4.69) is 30.4 Å². The fourth-order valence-electron chi connectivity index (χ4n) is 0.763. The van der Waals surface area contributed by atoms with E-state index in [0.717, 1.165) is 0 Å². The van der Waals surface area contributed by atoms with Crippen molar-refractivity contribution in [3.05, 3.63) is 10.5 Å². The van der Waals surface area contributed by atoms with E-state index in [9.17, 15) is 4.79 Å². The van der Waals surface area contributed by atoms with E-state index in [1.54, 1.807) is 0 Å². The molecule has 0 aliphatic rings. The van der Waals surface area contributed by atoms with Gasteiger partial charge in [-0.15, -0.1) is 10.2 Å². The van der Waals surface area contributed by atoms with E-state index in [1.165, 1.54) is 0 Å². The lowest BCUT2D eigenvalue weighted by Crippen LogP contribution is -2.00. The third kappa shape index (κ3) is 0.944. The van der Waals surface area contributed by atoms with E-state index < -0.39 is 5.69 Å². The summed E-state index contributed by atoms with van der Waals surface area (Å²) in [6.45, 7) is 0. The zero-order chi connectivity index (χ0) is 8.55. The average molecular weight is 167 g/mol. The molecule has 0 saturated heterocycles. The number of nitrogens with two attached hydrogens (primary N) is 1. The number of H-pyrrole nitrogens is 3. The molecule has 0 saturated carbocycles. The average Bonchev–Trinajstić information content (AvgIpc) is 2.58. The molecule has 8 heteroatoms. The third-order valence-corrected chi connectivity index (χ3v) is 1.23. The summed E-state index contributed by atoms with van der Waals surface area (Å²) < 4.78 is 0. The molecule has 5 N–H and O–H groups in total. The number of nitrogens with one attached hydrogen (secondary N) is 3. The smallest absolute Gasteiger partial charge is 0.341 e. The number of nitrogens with zero attached hydrogens (tertiary/aromatic N) is 3. The molecule has 62 valence electrons. The monoisotopic (exact) mass is 167 g/mol. The van der Waals surface area contributed by atoms with Crippen LogP contribution in [0.15, 0.2) is 4.79 Å². The predicted molar refractivity (Wildman–Crippen MR) is 39.0 cm³/mol. The van der Waals surface area contributed by atoms with Gasteiger partial charge in [-0.3, -0.25) is 10.1 Å². The molecule has 2 aromatic heterocycles. The van der Waals surface area contributed by atoms with Gasteiger partial charge < -0.3 is 5.73 Å². The van der Waals surface area contributed by atoms with Crippen LogP contribution in [0.2, 0.25) is 0 Å². The van der Waals surface area contributed by atoms with E-state index in [0.29, 0.717) is 5.82 Å². The Morgan fingerprint density at radius 1 is 1.17 bits per heavy atom. The van der Waals surface area contributed by atoms with Crippen molar-refractivity contribution < 1.29 is 0 Å². The molecule has 0 aliphatic heterocycles. The van der Waals surface area contributed by atoms with Crippen LogP contribution in [0.3, 0.4) is 0 Å². The first-order chi connectivity index (χ1) is 5.75. The molecule has 2 aromatic rings. The van der Waals surface area contributed by atoms with Crippen molar-refractivity contribution in [2.45, 2.75) is 0 Å². The summed E-state index contributed by atoms with van der Waals surface area (Å²) in [6.07, 6.45) is 0. The minimum absolute atomic E-state index is 0.105. The summed E-state index contributed by atoms with van der Waals surface area (Å²) >= 11 is 0. The molecular weight excluding hydrogens is 162 g/mol. The second-order valence-corrected chi connectivity index (χ2v) is 2.07. The molecular formula is C4H5N7O. The Hall–Kier alpha value is -2.12. The van der Waals surface area contributed by atoms with Crippen LogP contribution in [-0.2, 0) is 0 Å². The van der Waals surface area contributed by atoms with Gasteiger partial charge in [0.05, 0.1) is 0 Å². The molecule has 2 heterocycles. The number of hydrogen-bond donors (Lipinski definition) is 4. The first-order valence-electron chi connectivity index (χ1n) is 3.08. The number of aromatic nitrogens is 6. The molecule has 0 unspecified atom stereocenters. The SMILES string of the molecule is Nc1n[nH]c(-c2n[nH]c(=O)[nH]2)n1. The molecule has 0 radical (unpaired) electrons. The Morgan fingerprint density at radius 2 is 2.00 bits per heavy atom. The van der Waals surface area contributed by atoms with Gasteiger partial charge in [0.2, 0.25) is 5.95 Å². The lowest BCUT2D eigenvalue weighted by molar-refractivity contribution is 1.04. The normalized spacial score (nSPS) is 10.3. The van der Waals surface area contributed by atoms with Crippen molar-refractivity contribution >= 4 is 5.95 Å². The molecule has 0 aliphatic carbocycles. The van der Waals surface area contributed by atoms with Gasteiger partial charge in [-0.05, 0) is 0 Å². The van der Waals surface area contributed by atoms with E-state index in [-0.39, 0.29) is 11.8 Å². The van der Waals surface area contributed by atoms with Gasteiger partial charge >= 0.3 is 5.69 Å². The van der Waals surface area contributed by atoms with Crippen LogP contribution in [-0.4, -0.2) is 30.4 Å². The Balaban J connectivity index is 2.50. The second-order valence-electron chi connectivity index (χ2n) is 2.07. The zero-order valence-corrected chi connectivity index (χ0v) is 5.83. The van der Waals surface area contributed by atoms with Gasteiger partial charge in [0.1, 0.15) is 0 Å². The van der Waals surface area contributed by atoms with Gasteiger partial charge in [-0.25, -0.2) is 9.89 Å². The number of aromatic amines is 3. The van der Waals surface area contributed by atoms with Crippen LogP contribution in [0, 0.1) is 0 Å². The summed E-state index contributed by atoms with van der Waals surface area (Å²) in [5.41, 5.74) is 4.84. The lowest BCUT2D eigenvalue weighted by Gasteiger charge is -1.81. The van der Waals surface area contributed by atoms with Gasteiger partial charge in [-0.1, -0.05) is 0 Å². The largest absolute Gasteiger partial charge is 0.366 e. The first-order valence-corrected chi connectivity index (χ1v) is 3.08.